The van der Waals surface area contributed by atoms with Gasteiger partial charge in [-0.1, -0.05) is 0 Å². The number of amides is 1. The maximum Gasteiger partial charge on any atom is 0.226 e. The highest BCUT2D eigenvalue weighted by molar-refractivity contribution is 7.15. The van der Waals surface area contributed by atoms with Gasteiger partial charge in [0.05, 0.1) is 18.9 Å². The van der Waals surface area contributed by atoms with Crippen molar-refractivity contribution in [2.24, 2.45) is 0 Å². The number of hydrogen-bond donors (Lipinski definition) is 1. The molecule has 1 N–H and O–H groups in total. The maximum absolute atomic E-state index is 12.0. The lowest BCUT2D eigenvalue weighted by Gasteiger charge is -2.07. The molecule has 1 aromatic heterocycles. The summed E-state index contributed by atoms with van der Waals surface area (Å²) in [6.45, 7) is 3.11. The summed E-state index contributed by atoms with van der Waals surface area (Å²) in [5.41, 5.74) is 1.17. The Morgan fingerprint density at radius 3 is 2.60 bits per heavy atom. The summed E-state index contributed by atoms with van der Waals surface area (Å²) in [5, 5.41) is 3.66. The zero-order valence-corrected chi connectivity index (χ0v) is 15.4. The van der Waals surface area contributed by atoms with E-state index in [2.05, 4.69) is 10.3 Å². The van der Waals surface area contributed by atoms with Crippen molar-refractivity contribution in [1.82, 2.24) is 4.98 Å². The maximum atomic E-state index is 12.0. The minimum atomic E-state index is 0.00129. The number of nitrogens with zero attached hydrogens (tertiary/aromatic N) is 1. The van der Waals surface area contributed by atoms with Crippen molar-refractivity contribution in [2.75, 3.05) is 18.5 Å². The molecule has 0 atom stereocenters. The molecule has 1 aromatic carbocycles. The zero-order chi connectivity index (χ0) is 17.5. The van der Waals surface area contributed by atoms with Crippen LogP contribution in [0.3, 0.4) is 0 Å². The van der Waals surface area contributed by atoms with Crippen LogP contribution >= 0.6 is 11.3 Å². The summed E-state index contributed by atoms with van der Waals surface area (Å²) in [4.78, 5) is 17.9. The Morgan fingerprint density at radius 1 is 1.16 bits per heavy atom. The number of aryl methyl sites for hydroxylation is 2. The Labute approximate surface area is 152 Å². The second-order valence-corrected chi connectivity index (χ2v) is 7.08. The number of fused-ring (bicyclic) bond motifs is 1. The first-order valence-electron chi connectivity index (χ1n) is 8.88. The van der Waals surface area contributed by atoms with E-state index in [9.17, 15) is 4.79 Å². The lowest BCUT2D eigenvalue weighted by atomic mass is 10.0. The van der Waals surface area contributed by atoms with Gasteiger partial charge >= 0.3 is 0 Å². The number of anilines is 1. The van der Waals surface area contributed by atoms with Crippen molar-refractivity contribution in [1.29, 1.82) is 0 Å². The minimum absolute atomic E-state index is 0.00129. The van der Waals surface area contributed by atoms with E-state index in [0.29, 0.717) is 26.1 Å². The van der Waals surface area contributed by atoms with Crippen LogP contribution < -0.4 is 14.8 Å². The molecule has 0 aliphatic heterocycles. The molecular formula is C19H24N2O3S. The number of aromatic nitrogens is 1. The van der Waals surface area contributed by atoms with E-state index in [-0.39, 0.29) is 5.91 Å². The molecule has 1 heterocycles. The van der Waals surface area contributed by atoms with E-state index >= 15 is 0 Å². The monoisotopic (exact) mass is 360 g/mol. The first-order chi connectivity index (χ1) is 12.2. The highest BCUT2D eigenvalue weighted by atomic mass is 32.1. The Kier molecular flexibility index (Phi) is 6.28. The first kappa shape index (κ1) is 17.7. The average Bonchev–Trinajstić information content (AvgIpc) is 3.02. The summed E-state index contributed by atoms with van der Waals surface area (Å²) in [7, 11) is 0. The van der Waals surface area contributed by atoms with Crippen molar-refractivity contribution in [3.05, 3.63) is 34.8 Å². The topological polar surface area (TPSA) is 60.5 Å². The molecule has 0 saturated heterocycles. The fourth-order valence-corrected chi connectivity index (χ4v) is 3.87. The summed E-state index contributed by atoms with van der Waals surface area (Å²) in [6, 6.07) is 7.53. The van der Waals surface area contributed by atoms with E-state index in [0.717, 1.165) is 29.5 Å². The molecular weight excluding hydrogens is 336 g/mol. The van der Waals surface area contributed by atoms with Crippen molar-refractivity contribution in [3.8, 4) is 11.5 Å². The van der Waals surface area contributed by atoms with Crippen LogP contribution in [0.1, 0.15) is 43.2 Å². The van der Waals surface area contributed by atoms with Gasteiger partial charge in [0.1, 0.15) is 11.5 Å². The summed E-state index contributed by atoms with van der Waals surface area (Å²) in [6.07, 6.45) is 5.67. The summed E-state index contributed by atoms with van der Waals surface area (Å²) in [5.74, 6) is 1.62. The second-order valence-electron chi connectivity index (χ2n) is 6.00. The van der Waals surface area contributed by atoms with Crippen LogP contribution in [-0.4, -0.2) is 24.1 Å². The van der Waals surface area contributed by atoms with E-state index in [1.807, 2.05) is 31.2 Å². The molecule has 5 nitrogen and oxygen atoms in total. The van der Waals surface area contributed by atoms with Crippen LogP contribution in [0.15, 0.2) is 24.3 Å². The molecule has 0 radical (unpaired) electrons. The van der Waals surface area contributed by atoms with Crippen LogP contribution in [-0.2, 0) is 17.6 Å². The molecule has 6 heteroatoms. The number of thiazole rings is 1. The molecule has 0 saturated carbocycles. The van der Waals surface area contributed by atoms with E-state index in [1.54, 1.807) is 11.3 Å². The van der Waals surface area contributed by atoms with E-state index in [4.69, 9.17) is 9.47 Å². The molecule has 2 aromatic rings. The number of nitrogens with one attached hydrogen (secondary N) is 1. The van der Waals surface area contributed by atoms with Gasteiger partial charge in [-0.15, -0.1) is 11.3 Å². The molecule has 1 aliphatic rings. The molecule has 1 amide bonds. The van der Waals surface area contributed by atoms with Crippen molar-refractivity contribution in [2.45, 2.75) is 45.4 Å². The fourth-order valence-electron chi connectivity index (χ4n) is 2.81. The van der Waals surface area contributed by atoms with Crippen LogP contribution in [0.5, 0.6) is 11.5 Å². The summed E-state index contributed by atoms with van der Waals surface area (Å²) >= 11 is 1.62. The van der Waals surface area contributed by atoms with Gasteiger partial charge in [0.25, 0.3) is 0 Å². The highest BCUT2D eigenvalue weighted by Crippen LogP contribution is 2.29. The normalized spacial score (nSPS) is 13.2. The molecule has 0 fully saturated rings. The Morgan fingerprint density at radius 2 is 1.88 bits per heavy atom. The van der Waals surface area contributed by atoms with Crippen molar-refractivity contribution >= 4 is 22.4 Å². The quantitative estimate of drug-likeness (QED) is 0.716. The largest absolute Gasteiger partial charge is 0.494 e. The average molecular weight is 360 g/mol. The zero-order valence-electron chi connectivity index (χ0n) is 14.5. The number of rotatable bonds is 8. The van der Waals surface area contributed by atoms with Gasteiger partial charge in [-0.05, 0) is 63.3 Å². The molecule has 134 valence electrons. The van der Waals surface area contributed by atoms with Gasteiger partial charge in [-0.2, -0.15) is 0 Å². The number of benzene rings is 1. The number of carbonyl (C=O) groups is 1. The first-order valence-corrected chi connectivity index (χ1v) is 9.70. The molecule has 3 rings (SSSR count). The van der Waals surface area contributed by atoms with Gasteiger partial charge in [0.2, 0.25) is 5.91 Å². The lowest BCUT2D eigenvalue weighted by Crippen LogP contribution is -2.12. The fraction of sp³-hybridized carbons (Fsp3) is 0.474. The van der Waals surface area contributed by atoms with Gasteiger partial charge in [-0.3, -0.25) is 4.79 Å². The third-order valence-corrected chi connectivity index (χ3v) is 5.12. The SMILES string of the molecule is CCOc1ccc(OCCCC(=O)Nc2nc3c(s2)CCCC3)cc1. The van der Waals surface area contributed by atoms with Crippen LogP contribution in [0, 0.1) is 0 Å². The third-order valence-electron chi connectivity index (χ3n) is 4.04. The molecule has 25 heavy (non-hydrogen) atoms. The third kappa shape index (κ3) is 5.19. The van der Waals surface area contributed by atoms with Gasteiger partial charge in [0, 0.05) is 11.3 Å². The number of ether oxygens (including phenoxy) is 2. The minimum Gasteiger partial charge on any atom is -0.494 e. The summed E-state index contributed by atoms with van der Waals surface area (Å²) < 4.78 is 11.0. The van der Waals surface area contributed by atoms with Gasteiger partial charge in [-0.25, -0.2) is 4.98 Å². The smallest absolute Gasteiger partial charge is 0.226 e. The number of carbonyl (C=O) groups excluding carboxylic acids is 1. The Hall–Kier alpha value is -2.08. The Bertz CT molecular complexity index is 674. The van der Waals surface area contributed by atoms with Crippen molar-refractivity contribution in [3.63, 3.8) is 0 Å². The van der Waals surface area contributed by atoms with E-state index in [1.165, 1.54) is 23.4 Å². The lowest BCUT2D eigenvalue weighted by molar-refractivity contribution is -0.116. The van der Waals surface area contributed by atoms with Crippen LogP contribution in [0.25, 0.3) is 0 Å². The van der Waals surface area contributed by atoms with Crippen LogP contribution in [0.4, 0.5) is 5.13 Å². The van der Waals surface area contributed by atoms with Crippen molar-refractivity contribution < 1.29 is 14.3 Å². The number of hydrogen-bond acceptors (Lipinski definition) is 5. The highest BCUT2D eigenvalue weighted by Gasteiger charge is 2.16. The van der Waals surface area contributed by atoms with Gasteiger partial charge in [0.15, 0.2) is 5.13 Å². The second kappa shape index (κ2) is 8.85. The predicted octanol–water partition coefficient (Wildman–Crippen LogP) is 4.22. The molecule has 0 spiro atoms. The van der Waals surface area contributed by atoms with Gasteiger partial charge < -0.3 is 14.8 Å². The van der Waals surface area contributed by atoms with E-state index < -0.39 is 0 Å². The molecule has 0 bridgehead atoms. The molecule has 1 aliphatic carbocycles. The molecule has 0 unspecified atom stereocenters. The standard InChI is InChI=1S/C19H24N2O3S/c1-2-23-14-9-11-15(12-10-14)24-13-5-8-18(22)21-19-20-16-6-3-4-7-17(16)25-19/h9-12H,2-8,13H2,1H3,(H,20,21,22). The Balaban J connectivity index is 1.37. The van der Waals surface area contributed by atoms with Crippen LogP contribution in [0.2, 0.25) is 0 Å². The predicted molar refractivity (Wildman–Crippen MR) is 99.7 cm³/mol.